The Kier molecular flexibility index (Phi) is 9.12. The number of para-hydroxylation sites is 4. The van der Waals surface area contributed by atoms with Crippen LogP contribution in [0.25, 0.3) is 77.3 Å². The summed E-state index contributed by atoms with van der Waals surface area (Å²) in [6, 6.07) is 85.9. The Morgan fingerprint density at radius 2 is 0.562 bits per heavy atom. The molecule has 4 nitrogen and oxygen atoms in total. The van der Waals surface area contributed by atoms with Crippen molar-refractivity contribution in [1.82, 2.24) is 0 Å². The summed E-state index contributed by atoms with van der Waals surface area (Å²) in [5.41, 5.74) is 16.4. The van der Waals surface area contributed by atoms with Crippen molar-refractivity contribution in [2.75, 3.05) is 9.80 Å². The molecule has 0 atom stereocenters. The Balaban J connectivity index is 1.05. The van der Waals surface area contributed by atoms with E-state index in [1.54, 1.807) is 0 Å². The van der Waals surface area contributed by atoms with Gasteiger partial charge in [-0.3, -0.25) is 0 Å². The van der Waals surface area contributed by atoms with E-state index < -0.39 is 0 Å². The average molecular weight is 821 g/mol. The zero-order chi connectivity index (χ0) is 42.4. The van der Waals surface area contributed by atoms with Crippen LogP contribution >= 0.6 is 0 Å². The van der Waals surface area contributed by atoms with Crippen molar-refractivity contribution < 1.29 is 8.83 Å². The van der Waals surface area contributed by atoms with Crippen molar-refractivity contribution in [3.05, 3.63) is 243 Å². The highest BCUT2D eigenvalue weighted by molar-refractivity contribution is 6.08. The smallest absolute Gasteiger partial charge is 0.137 e. The second-order valence-electron chi connectivity index (χ2n) is 16.1. The molecule has 10 aromatic carbocycles. The average Bonchev–Trinajstić information content (AvgIpc) is 3.93. The van der Waals surface area contributed by atoms with Gasteiger partial charge in [0.2, 0.25) is 0 Å². The first-order chi connectivity index (χ1) is 31.7. The fraction of sp³-hybridized carbons (Fsp3) is 0. The quantitative estimate of drug-likeness (QED) is 0.145. The van der Waals surface area contributed by atoms with E-state index in [9.17, 15) is 0 Å². The van der Waals surface area contributed by atoms with Gasteiger partial charge in [0, 0.05) is 67.6 Å². The normalized spacial score (nSPS) is 11.4. The maximum atomic E-state index is 6.50. The van der Waals surface area contributed by atoms with E-state index in [1.165, 1.54) is 11.1 Å². The number of hydrogen-bond donors (Lipinski definition) is 0. The minimum Gasteiger partial charge on any atom is -0.456 e. The van der Waals surface area contributed by atoms with Crippen molar-refractivity contribution in [1.29, 1.82) is 0 Å². The van der Waals surface area contributed by atoms with Gasteiger partial charge in [0.05, 0.1) is 11.4 Å². The molecule has 0 N–H and O–H groups in total. The molecule has 2 aromatic heterocycles. The Hall–Kier alpha value is -8.60. The number of nitrogens with zero attached hydrogens (tertiary/aromatic N) is 2. The minimum absolute atomic E-state index is 0.841. The number of rotatable bonds is 9. The number of benzene rings is 10. The fourth-order valence-electron chi connectivity index (χ4n) is 9.22. The van der Waals surface area contributed by atoms with Gasteiger partial charge >= 0.3 is 0 Å². The summed E-state index contributed by atoms with van der Waals surface area (Å²) in [4.78, 5) is 4.71. The van der Waals surface area contributed by atoms with Crippen molar-refractivity contribution in [2.24, 2.45) is 0 Å². The van der Waals surface area contributed by atoms with E-state index in [0.717, 1.165) is 100 Å². The molecule has 0 bridgehead atoms. The van der Waals surface area contributed by atoms with Crippen LogP contribution in [0.2, 0.25) is 0 Å². The van der Waals surface area contributed by atoms with Crippen molar-refractivity contribution in [3.63, 3.8) is 0 Å². The second-order valence-corrected chi connectivity index (χ2v) is 16.1. The van der Waals surface area contributed by atoms with Gasteiger partial charge in [-0.2, -0.15) is 0 Å². The van der Waals surface area contributed by atoms with E-state index >= 15 is 0 Å². The molecule has 4 heteroatoms. The molecule has 0 spiro atoms. The summed E-state index contributed by atoms with van der Waals surface area (Å²) >= 11 is 0. The van der Waals surface area contributed by atoms with Crippen LogP contribution in [-0.4, -0.2) is 0 Å². The number of anilines is 6. The second kappa shape index (κ2) is 15.7. The largest absolute Gasteiger partial charge is 0.456 e. The highest BCUT2D eigenvalue weighted by Crippen LogP contribution is 2.48. The molecule has 12 aromatic rings. The van der Waals surface area contributed by atoms with Gasteiger partial charge in [0.25, 0.3) is 0 Å². The van der Waals surface area contributed by atoms with Crippen LogP contribution < -0.4 is 9.80 Å². The van der Waals surface area contributed by atoms with Crippen LogP contribution in [0, 0.1) is 0 Å². The molecule has 0 saturated carbocycles. The third-order valence-corrected chi connectivity index (χ3v) is 12.3. The molecule has 0 aliphatic carbocycles. The Bertz CT molecular complexity index is 3370. The first-order valence-corrected chi connectivity index (χ1v) is 21.7. The molecule has 12 rings (SSSR count). The van der Waals surface area contributed by atoms with Gasteiger partial charge in [0.15, 0.2) is 0 Å². The summed E-state index contributed by atoms with van der Waals surface area (Å²) in [5, 5.41) is 4.39. The van der Waals surface area contributed by atoms with E-state index in [4.69, 9.17) is 8.83 Å². The van der Waals surface area contributed by atoms with Crippen LogP contribution in [0.5, 0.6) is 0 Å². The third kappa shape index (κ3) is 6.57. The predicted octanol–water partition coefficient (Wildman–Crippen LogP) is 17.4. The molecule has 0 aliphatic heterocycles. The highest BCUT2D eigenvalue weighted by atomic mass is 16.3. The van der Waals surface area contributed by atoms with Crippen molar-refractivity contribution in [2.45, 2.75) is 0 Å². The maximum Gasteiger partial charge on any atom is 0.137 e. The standard InChI is InChI=1S/C60H40N2O2/c1-3-15-41(16-4-1)43-27-31-45(32-28-43)61(47-35-37-53-51-21-9-13-25-57(51)63-59(53)39-47)55-23-11-7-19-49(55)50-20-8-12-24-56(50)62(46-33-29-44(30-34-46)42-17-5-2-6-18-42)48-36-38-54-52-22-10-14-26-58(52)64-60(54)40-48/h1-40H. The lowest BCUT2D eigenvalue weighted by Crippen LogP contribution is -2.13. The molecular formula is C60H40N2O2. The molecule has 0 amide bonds. The van der Waals surface area contributed by atoms with E-state index in [1.807, 2.05) is 24.3 Å². The predicted molar refractivity (Wildman–Crippen MR) is 267 cm³/mol. The van der Waals surface area contributed by atoms with Gasteiger partial charge in [-0.05, 0) is 95.1 Å². The van der Waals surface area contributed by atoms with Gasteiger partial charge in [-0.25, -0.2) is 0 Å². The summed E-state index contributed by atoms with van der Waals surface area (Å²) in [6.45, 7) is 0. The Labute approximate surface area is 371 Å². The van der Waals surface area contributed by atoms with Crippen LogP contribution in [-0.2, 0) is 0 Å². The summed E-state index contributed by atoms with van der Waals surface area (Å²) in [5.74, 6) is 0. The number of fused-ring (bicyclic) bond motifs is 6. The van der Waals surface area contributed by atoms with Gasteiger partial charge in [-0.1, -0.05) is 158 Å². The monoisotopic (exact) mass is 820 g/mol. The number of hydrogen-bond acceptors (Lipinski definition) is 4. The van der Waals surface area contributed by atoms with Gasteiger partial charge < -0.3 is 18.6 Å². The van der Waals surface area contributed by atoms with Gasteiger partial charge in [0.1, 0.15) is 22.3 Å². The summed E-state index contributed by atoms with van der Waals surface area (Å²) in [7, 11) is 0. The zero-order valence-corrected chi connectivity index (χ0v) is 34.8. The van der Waals surface area contributed by atoms with E-state index in [2.05, 4.69) is 228 Å². The maximum absolute atomic E-state index is 6.50. The molecule has 0 fully saturated rings. The van der Waals surface area contributed by atoms with Crippen molar-refractivity contribution >= 4 is 78.0 Å². The van der Waals surface area contributed by atoms with E-state index in [-0.39, 0.29) is 0 Å². The molecule has 2 heterocycles. The lowest BCUT2D eigenvalue weighted by Gasteiger charge is -2.31. The molecule has 302 valence electrons. The molecule has 0 aliphatic rings. The number of furan rings is 2. The van der Waals surface area contributed by atoms with Crippen LogP contribution in [0.1, 0.15) is 0 Å². The van der Waals surface area contributed by atoms with Crippen LogP contribution in [0.15, 0.2) is 251 Å². The topological polar surface area (TPSA) is 32.8 Å². The summed E-state index contributed by atoms with van der Waals surface area (Å²) < 4.78 is 13.0. The summed E-state index contributed by atoms with van der Waals surface area (Å²) in [6.07, 6.45) is 0. The minimum atomic E-state index is 0.841. The fourth-order valence-corrected chi connectivity index (χ4v) is 9.22. The molecule has 0 unspecified atom stereocenters. The van der Waals surface area contributed by atoms with E-state index in [0.29, 0.717) is 0 Å². The third-order valence-electron chi connectivity index (χ3n) is 12.3. The molecule has 0 saturated heterocycles. The highest BCUT2D eigenvalue weighted by Gasteiger charge is 2.24. The Morgan fingerprint density at radius 3 is 1.00 bits per heavy atom. The molecule has 64 heavy (non-hydrogen) atoms. The SMILES string of the molecule is c1ccc(-c2ccc(N(c3ccc4c(c3)oc3ccccc34)c3ccccc3-c3ccccc3N(c3ccc(-c4ccccc4)cc3)c3ccc4c(c3)oc3ccccc34)cc2)cc1. The molecular weight excluding hydrogens is 781 g/mol. The van der Waals surface area contributed by atoms with Crippen molar-refractivity contribution in [3.8, 4) is 33.4 Å². The lowest BCUT2D eigenvalue weighted by molar-refractivity contribution is 0.668. The molecule has 0 radical (unpaired) electrons. The van der Waals surface area contributed by atoms with Gasteiger partial charge in [-0.15, -0.1) is 0 Å². The lowest BCUT2D eigenvalue weighted by atomic mass is 9.98. The first-order valence-electron chi connectivity index (χ1n) is 21.7. The Morgan fingerprint density at radius 1 is 0.234 bits per heavy atom. The van der Waals surface area contributed by atoms with Crippen LogP contribution in [0.3, 0.4) is 0 Å². The first kappa shape index (κ1) is 37.2. The zero-order valence-electron chi connectivity index (χ0n) is 34.8. The van der Waals surface area contributed by atoms with Crippen LogP contribution in [0.4, 0.5) is 34.1 Å².